The highest BCUT2D eigenvalue weighted by atomic mass is 16.5. The molecule has 1 rings (SSSR count). The highest BCUT2D eigenvalue weighted by Gasteiger charge is 2.14. The molecule has 0 radical (unpaired) electrons. The van der Waals surface area contributed by atoms with Gasteiger partial charge in [-0.15, -0.1) is 6.58 Å². The fourth-order valence-electron chi connectivity index (χ4n) is 1.35. The molecule has 0 aliphatic heterocycles. The van der Waals surface area contributed by atoms with Gasteiger partial charge in [0.15, 0.2) is 0 Å². The van der Waals surface area contributed by atoms with Crippen LogP contribution in [0.15, 0.2) is 43.0 Å². The second-order valence-corrected chi connectivity index (χ2v) is 3.65. The standard InChI is InChI=1S/C13H18O3/c1-2-12(8-14)13(15)10-16-9-11-6-4-3-5-7-11/h2-7,12-15H,1,8-10H2/t12-,13?/m0/s1. The molecule has 1 unspecified atom stereocenters. The maximum atomic E-state index is 9.63. The highest BCUT2D eigenvalue weighted by Crippen LogP contribution is 2.07. The molecule has 0 spiro atoms. The van der Waals surface area contributed by atoms with Crippen LogP contribution < -0.4 is 0 Å². The quantitative estimate of drug-likeness (QED) is 0.685. The Labute approximate surface area is 96.0 Å². The van der Waals surface area contributed by atoms with E-state index in [0.717, 1.165) is 5.56 Å². The zero-order valence-corrected chi connectivity index (χ0v) is 9.25. The van der Waals surface area contributed by atoms with Crippen molar-refractivity contribution in [3.63, 3.8) is 0 Å². The predicted molar refractivity (Wildman–Crippen MR) is 62.9 cm³/mol. The maximum Gasteiger partial charge on any atom is 0.0858 e. The summed E-state index contributed by atoms with van der Waals surface area (Å²) < 4.78 is 5.36. The summed E-state index contributed by atoms with van der Waals surface area (Å²) in [6.07, 6.45) is 0.836. The molecule has 2 atom stereocenters. The fourth-order valence-corrected chi connectivity index (χ4v) is 1.35. The predicted octanol–water partition coefficient (Wildman–Crippen LogP) is 1.36. The molecule has 0 amide bonds. The third-order valence-electron chi connectivity index (χ3n) is 2.41. The number of benzene rings is 1. The third-order valence-corrected chi connectivity index (χ3v) is 2.41. The van der Waals surface area contributed by atoms with E-state index in [-0.39, 0.29) is 19.1 Å². The molecule has 0 aliphatic rings. The molecule has 0 heterocycles. The Hall–Kier alpha value is -1.16. The van der Waals surface area contributed by atoms with E-state index in [1.54, 1.807) is 0 Å². The molecule has 1 aromatic carbocycles. The fraction of sp³-hybridized carbons (Fsp3) is 0.385. The van der Waals surface area contributed by atoms with Gasteiger partial charge < -0.3 is 14.9 Å². The second-order valence-electron chi connectivity index (χ2n) is 3.65. The van der Waals surface area contributed by atoms with Crippen LogP contribution in [0.2, 0.25) is 0 Å². The van der Waals surface area contributed by atoms with Gasteiger partial charge in [-0.1, -0.05) is 36.4 Å². The first-order valence-corrected chi connectivity index (χ1v) is 5.31. The second kappa shape index (κ2) is 7.17. The zero-order valence-electron chi connectivity index (χ0n) is 9.25. The van der Waals surface area contributed by atoms with Gasteiger partial charge in [-0.2, -0.15) is 0 Å². The Kier molecular flexibility index (Phi) is 5.78. The summed E-state index contributed by atoms with van der Waals surface area (Å²) in [5.74, 6) is -0.323. The minimum Gasteiger partial charge on any atom is -0.396 e. The van der Waals surface area contributed by atoms with Gasteiger partial charge in [0.2, 0.25) is 0 Å². The van der Waals surface area contributed by atoms with Gasteiger partial charge in [0.05, 0.1) is 25.9 Å². The van der Waals surface area contributed by atoms with Gasteiger partial charge in [-0.3, -0.25) is 0 Å². The van der Waals surface area contributed by atoms with Crippen LogP contribution in [0.25, 0.3) is 0 Å². The van der Waals surface area contributed by atoms with E-state index in [1.807, 2.05) is 30.3 Å². The smallest absolute Gasteiger partial charge is 0.0858 e. The minimum atomic E-state index is -0.703. The van der Waals surface area contributed by atoms with Gasteiger partial charge in [-0.05, 0) is 5.56 Å². The van der Waals surface area contributed by atoms with E-state index >= 15 is 0 Å². The largest absolute Gasteiger partial charge is 0.396 e. The molecular weight excluding hydrogens is 204 g/mol. The molecule has 0 saturated heterocycles. The van der Waals surface area contributed by atoms with Crippen molar-refractivity contribution in [2.24, 2.45) is 5.92 Å². The highest BCUT2D eigenvalue weighted by molar-refractivity contribution is 5.13. The Bertz CT molecular complexity index is 297. The number of aliphatic hydroxyl groups excluding tert-OH is 2. The van der Waals surface area contributed by atoms with E-state index in [4.69, 9.17) is 9.84 Å². The molecule has 0 aromatic heterocycles. The van der Waals surface area contributed by atoms with E-state index in [2.05, 4.69) is 6.58 Å². The summed E-state index contributed by atoms with van der Waals surface area (Å²) in [6.45, 7) is 4.10. The Morgan fingerprint density at radius 3 is 2.56 bits per heavy atom. The van der Waals surface area contributed by atoms with Crippen molar-refractivity contribution in [2.45, 2.75) is 12.7 Å². The van der Waals surface area contributed by atoms with Gasteiger partial charge in [0.25, 0.3) is 0 Å². The van der Waals surface area contributed by atoms with Crippen LogP contribution in [0.4, 0.5) is 0 Å². The SMILES string of the molecule is C=C[C@@H](CO)C(O)COCc1ccccc1. The molecule has 0 aliphatic carbocycles. The van der Waals surface area contributed by atoms with Crippen molar-refractivity contribution in [3.8, 4) is 0 Å². The molecule has 2 N–H and O–H groups in total. The first kappa shape index (κ1) is 12.9. The summed E-state index contributed by atoms with van der Waals surface area (Å²) in [7, 11) is 0. The summed E-state index contributed by atoms with van der Waals surface area (Å²) in [6, 6.07) is 9.75. The number of ether oxygens (including phenoxy) is 1. The van der Waals surface area contributed by atoms with Crippen LogP contribution in [-0.4, -0.2) is 29.5 Å². The van der Waals surface area contributed by atoms with Gasteiger partial charge in [0, 0.05) is 5.92 Å². The molecule has 0 fully saturated rings. The molecule has 1 aromatic rings. The average molecular weight is 222 g/mol. The van der Waals surface area contributed by atoms with E-state index in [9.17, 15) is 5.11 Å². The first-order chi connectivity index (χ1) is 7.77. The molecule has 3 heteroatoms. The average Bonchev–Trinajstić information content (AvgIpc) is 2.32. The summed E-state index contributed by atoms with van der Waals surface area (Å²) in [5, 5.41) is 18.6. The van der Waals surface area contributed by atoms with Crippen LogP contribution in [0.1, 0.15) is 5.56 Å². The first-order valence-electron chi connectivity index (χ1n) is 5.31. The third kappa shape index (κ3) is 4.14. The maximum absolute atomic E-state index is 9.63. The lowest BCUT2D eigenvalue weighted by Crippen LogP contribution is -2.26. The van der Waals surface area contributed by atoms with E-state index in [0.29, 0.717) is 6.61 Å². The van der Waals surface area contributed by atoms with Gasteiger partial charge in [-0.25, -0.2) is 0 Å². The Morgan fingerprint density at radius 2 is 2.00 bits per heavy atom. The monoisotopic (exact) mass is 222 g/mol. The van der Waals surface area contributed by atoms with Crippen molar-refractivity contribution >= 4 is 0 Å². The van der Waals surface area contributed by atoms with Crippen molar-refractivity contribution in [3.05, 3.63) is 48.6 Å². The van der Waals surface area contributed by atoms with Gasteiger partial charge in [0.1, 0.15) is 0 Å². The lowest BCUT2D eigenvalue weighted by Gasteiger charge is -2.17. The van der Waals surface area contributed by atoms with Crippen LogP contribution in [0.5, 0.6) is 0 Å². The summed E-state index contributed by atoms with van der Waals surface area (Å²) in [4.78, 5) is 0. The van der Waals surface area contributed by atoms with Gasteiger partial charge >= 0.3 is 0 Å². The van der Waals surface area contributed by atoms with Crippen LogP contribution in [0.3, 0.4) is 0 Å². The topological polar surface area (TPSA) is 49.7 Å². The number of hydrogen-bond donors (Lipinski definition) is 2. The van der Waals surface area contributed by atoms with Crippen molar-refractivity contribution in [1.82, 2.24) is 0 Å². The number of rotatable bonds is 7. The Balaban J connectivity index is 2.27. The number of hydrogen-bond acceptors (Lipinski definition) is 3. The van der Waals surface area contributed by atoms with Crippen molar-refractivity contribution in [1.29, 1.82) is 0 Å². The molecule has 16 heavy (non-hydrogen) atoms. The Morgan fingerprint density at radius 1 is 1.31 bits per heavy atom. The lowest BCUT2D eigenvalue weighted by atomic mass is 10.1. The van der Waals surface area contributed by atoms with Crippen LogP contribution >= 0.6 is 0 Å². The molecule has 0 saturated carbocycles. The van der Waals surface area contributed by atoms with Crippen molar-refractivity contribution < 1.29 is 14.9 Å². The molecule has 3 nitrogen and oxygen atoms in total. The minimum absolute atomic E-state index is 0.112. The van der Waals surface area contributed by atoms with E-state index in [1.165, 1.54) is 6.08 Å². The molecule has 0 bridgehead atoms. The van der Waals surface area contributed by atoms with Crippen LogP contribution in [-0.2, 0) is 11.3 Å². The number of aliphatic hydroxyl groups is 2. The van der Waals surface area contributed by atoms with E-state index < -0.39 is 6.10 Å². The molecular formula is C13H18O3. The zero-order chi connectivity index (χ0) is 11.8. The van der Waals surface area contributed by atoms with Crippen molar-refractivity contribution in [2.75, 3.05) is 13.2 Å². The van der Waals surface area contributed by atoms with Crippen LogP contribution in [0, 0.1) is 5.92 Å². The summed E-state index contributed by atoms with van der Waals surface area (Å²) >= 11 is 0. The summed E-state index contributed by atoms with van der Waals surface area (Å²) in [5.41, 5.74) is 1.06. The normalized spacial score (nSPS) is 14.4. The molecule has 88 valence electrons. The lowest BCUT2D eigenvalue weighted by molar-refractivity contribution is -0.00332.